The molecule has 5 rings (SSSR count). The van der Waals surface area contributed by atoms with E-state index in [1.165, 1.54) is 6.20 Å². The Bertz CT molecular complexity index is 1210. The van der Waals surface area contributed by atoms with E-state index in [4.69, 9.17) is 4.74 Å². The van der Waals surface area contributed by atoms with Crippen molar-refractivity contribution in [2.24, 2.45) is 5.92 Å². The Hall–Kier alpha value is -2.77. The van der Waals surface area contributed by atoms with Crippen molar-refractivity contribution in [1.82, 2.24) is 14.9 Å². The number of sulfonamides is 1. The van der Waals surface area contributed by atoms with Gasteiger partial charge >= 0.3 is 6.18 Å². The van der Waals surface area contributed by atoms with Gasteiger partial charge in [-0.3, -0.25) is 14.6 Å². The lowest BCUT2D eigenvalue weighted by Crippen LogP contribution is -2.42. The highest BCUT2D eigenvalue weighted by Crippen LogP contribution is 2.42. The lowest BCUT2D eigenvalue weighted by molar-refractivity contribution is -0.186. The standard InChI is InChI=1S/C18H19F4N3O3S2.C5H5N.H2/c19-13-9-12-14(25-5-1-11(2-6-25)18(20,21)22)3-7-28-15(12)10-16(13)30(26,27)24-17-23-4-8-29-17;1-2-4-6-5-3-1;/h4,8-11,14H,1-3,5-7H2,(H,23,24);1-5H;1H/t14-;;/m1../s1. The molecule has 7 nitrogen and oxygen atoms in total. The van der Waals surface area contributed by atoms with Gasteiger partial charge in [-0.15, -0.1) is 11.3 Å². The van der Waals surface area contributed by atoms with Crippen LogP contribution < -0.4 is 9.46 Å². The van der Waals surface area contributed by atoms with E-state index in [1.54, 1.807) is 17.8 Å². The number of pyridine rings is 1. The van der Waals surface area contributed by atoms with Gasteiger partial charge in [-0.1, -0.05) is 6.07 Å². The van der Waals surface area contributed by atoms with Gasteiger partial charge in [0, 0.05) is 49.5 Å². The first-order chi connectivity index (χ1) is 17.1. The van der Waals surface area contributed by atoms with Gasteiger partial charge in [0.25, 0.3) is 10.0 Å². The summed E-state index contributed by atoms with van der Waals surface area (Å²) in [6.45, 7) is 0.741. The largest absolute Gasteiger partial charge is 0.493 e. The molecule has 0 spiro atoms. The number of ether oxygens (including phenoxy) is 1. The summed E-state index contributed by atoms with van der Waals surface area (Å²) in [5.74, 6) is -2.04. The zero-order valence-corrected chi connectivity index (χ0v) is 20.6. The number of rotatable bonds is 4. The molecule has 0 aliphatic carbocycles. The third-order valence-electron chi connectivity index (χ3n) is 6.02. The Labute approximate surface area is 211 Å². The lowest BCUT2D eigenvalue weighted by Gasteiger charge is -2.40. The number of piperidine rings is 1. The van der Waals surface area contributed by atoms with Crippen LogP contribution in [0.2, 0.25) is 0 Å². The molecule has 0 amide bonds. The maximum atomic E-state index is 14.8. The Balaban J connectivity index is 0.000000479. The summed E-state index contributed by atoms with van der Waals surface area (Å²) < 4.78 is 86.5. The van der Waals surface area contributed by atoms with Crippen LogP contribution >= 0.6 is 11.3 Å². The quantitative estimate of drug-likeness (QED) is 0.435. The molecule has 3 aromatic rings. The van der Waals surface area contributed by atoms with E-state index in [-0.39, 0.29) is 50.9 Å². The number of halogens is 4. The maximum Gasteiger partial charge on any atom is 0.391 e. The van der Waals surface area contributed by atoms with E-state index < -0.39 is 32.8 Å². The molecule has 2 aromatic heterocycles. The first kappa shape index (κ1) is 26.3. The number of alkyl halides is 3. The molecule has 196 valence electrons. The number of nitrogens with one attached hydrogen (secondary N) is 1. The van der Waals surface area contributed by atoms with Gasteiger partial charge in [-0.05, 0) is 44.1 Å². The summed E-state index contributed by atoms with van der Waals surface area (Å²) >= 11 is 1.06. The molecule has 13 heteroatoms. The van der Waals surface area contributed by atoms with Crippen molar-refractivity contribution < 1.29 is 32.1 Å². The number of thiazole rings is 1. The van der Waals surface area contributed by atoms with Crippen LogP contribution in [0, 0.1) is 11.7 Å². The normalized spacial score (nSPS) is 18.9. The number of aromatic nitrogens is 2. The van der Waals surface area contributed by atoms with Crippen molar-refractivity contribution >= 4 is 26.5 Å². The van der Waals surface area contributed by atoms with Crippen molar-refractivity contribution in [3.63, 3.8) is 0 Å². The molecule has 2 aliphatic heterocycles. The molecule has 36 heavy (non-hydrogen) atoms. The molecular formula is C23H26F4N4O3S2. The first-order valence-electron chi connectivity index (χ1n) is 11.2. The van der Waals surface area contributed by atoms with Crippen LogP contribution in [0.4, 0.5) is 22.7 Å². The average Bonchev–Trinajstić information content (AvgIpc) is 3.36. The lowest BCUT2D eigenvalue weighted by atomic mass is 9.92. The van der Waals surface area contributed by atoms with Gasteiger partial charge in [-0.2, -0.15) is 13.2 Å². The second-order valence-electron chi connectivity index (χ2n) is 8.29. The minimum Gasteiger partial charge on any atom is -0.493 e. The zero-order chi connectivity index (χ0) is 25.8. The molecule has 1 atom stereocenters. The Morgan fingerprint density at radius 2 is 1.81 bits per heavy atom. The predicted octanol–water partition coefficient (Wildman–Crippen LogP) is 5.51. The summed E-state index contributed by atoms with van der Waals surface area (Å²) in [7, 11) is -4.21. The number of hydrogen-bond donors (Lipinski definition) is 1. The molecule has 1 aromatic carbocycles. The highest BCUT2D eigenvalue weighted by Gasteiger charge is 2.42. The van der Waals surface area contributed by atoms with E-state index in [9.17, 15) is 26.0 Å². The minimum atomic E-state index is -4.21. The molecule has 0 bridgehead atoms. The van der Waals surface area contributed by atoms with E-state index in [1.807, 2.05) is 23.1 Å². The van der Waals surface area contributed by atoms with E-state index >= 15 is 0 Å². The Morgan fingerprint density at radius 3 is 2.36 bits per heavy atom. The number of fused-ring (bicyclic) bond motifs is 1. The van der Waals surface area contributed by atoms with E-state index in [0.29, 0.717) is 12.0 Å². The van der Waals surface area contributed by atoms with Crippen molar-refractivity contribution in [2.75, 3.05) is 24.4 Å². The fourth-order valence-electron chi connectivity index (χ4n) is 4.25. The second-order valence-corrected chi connectivity index (χ2v) is 10.8. The number of benzene rings is 1. The summed E-state index contributed by atoms with van der Waals surface area (Å²) in [6, 6.07) is 7.65. The SMILES string of the molecule is O=S(=O)(Nc1nccs1)c1cc2c(cc1F)[C@H](N1CCC(C(F)(F)F)CC1)CCO2.[HH].c1ccncc1. The van der Waals surface area contributed by atoms with Crippen LogP contribution in [0.25, 0.3) is 0 Å². The monoisotopic (exact) mass is 546 g/mol. The van der Waals surface area contributed by atoms with Crippen LogP contribution in [0.1, 0.15) is 32.3 Å². The van der Waals surface area contributed by atoms with Gasteiger partial charge in [0.15, 0.2) is 5.13 Å². The number of nitrogens with zero attached hydrogens (tertiary/aromatic N) is 3. The van der Waals surface area contributed by atoms with Crippen LogP contribution in [0.3, 0.4) is 0 Å². The highest BCUT2D eigenvalue weighted by atomic mass is 32.2. The Morgan fingerprint density at radius 1 is 1.08 bits per heavy atom. The molecular weight excluding hydrogens is 520 g/mol. The van der Waals surface area contributed by atoms with Crippen molar-refractivity contribution in [1.29, 1.82) is 0 Å². The summed E-state index contributed by atoms with van der Waals surface area (Å²) in [4.78, 5) is 8.94. The van der Waals surface area contributed by atoms with Crippen molar-refractivity contribution in [2.45, 2.75) is 36.4 Å². The molecule has 0 unspecified atom stereocenters. The third kappa shape index (κ3) is 6.31. The fourth-order valence-corrected chi connectivity index (χ4v) is 6.12. The zero-order valence-electron chi connectivity index (χ0n) is 19.0. The minimum absolute atomic E-state index is 0. The fraction of sp³-hybridized carbons (Fsp3) is 0.391. The molecule has 2 aliphatic rings. The predicted molar refractivity (Wildman–Crippen MR) is 129 cm³/mol. The first-order valence-corrected chi connectivity index (χ1v) is 13.6. The summed E-state index contributed by atoms with van der Waals surface area (Å²) in [5.41, 5.74) is 0.456. The second kappa shape index (κ2) is 11.1. The molecule has 4 heterocycles. The maximum absolute atomic E-state index is 14.8. The average molecular weight is 547 g/mol. The van der Waals surface area contributed by atoms with E-state index in [0.717, 1.165) is 23.5 Å². The highest BCUT2D eigenvalue weighted by molar-refractivity contribution is 7.93. The van der Waals surface area contributed by atoms with Crippen LogP contribution in [0.15, 0.2) is 59.2 Å². The number of hydrogen-bond acceptors (Lipinski definition) is 7. The number of anilines is 1. The summed E-state index contributed by atoms with van der Waals surface area (Å²) in [5, 5.41) is 1.69. The number of likely N-dealkylation sites (tertiary alicyclic amines) is 1. The van der Waals surface area contributed by atoms with Crippen molar-refractivity contribution in [3.05, 3.63) is 65.7 Å². The van der Waals surface area contributed by atoms with Gasteiger partial charge in [-0.25, -0.2) is 17.8 Å². The molecule has 1 N–H and O–H groups in total. The molecule has 1 saturated heterocycles. The smallest absolute Gasteiger partial charge is 0.391 e. The van der Waals surface area contributed by atoms with Gasteiger partial charge in [0.1, 0.15) is 16.5 Å². The van der Waals surface area contributed by atoms with Gasteiger partial charge in [0.05, 0.1) is 12.5 Å². The Kier molecular flexibility index (Phi) is 8.10. The van der Waals surface area contributed by atoms with Gasteiger partial charge < -0.3 is 4.74 Å². The topological polar surface area (TPSA) is 84.4 Å². The van der Waals surface area contributed by atoms with Crippen LogP contribution in [-0.4, -0.2) is 49.2 Å². The van der Waals surface area contributed by atoms with Crippen LogP contribution in [0.5, 0.6) is 5.75 Å². The third-order valence-corrected chi connectivity index (χ3v) is 8.19. The summed E-state index contributed by atoms with van der Waals surface area (Å²) in [6.07, 6.45) is 1.18. The van der Waals surface area contributed by atoms with Gasteiger partial charge in [0.2, 0.25) is 0 Å². The molecule has 0 radical (unpaired) electrons. The molecule has 0 saturated carbocycles. The van der Waals surface area contributed by atoms with Crippen LogP contribution in [-0.2, 0) is 10.0 Å². The molecule has 1 fully saturated rings. The van der Waals surface area contributed by atoms with E-state index in [2.05, 4.69) is 14.7 Å². The van der Waals surface area contributed by atoms with Crippen molar-refractivity contribution in [3.8, 4) is 5.75 Å².